The summed E-state index contributed by atoms with van der Waals surface area (Å²) in [7, 11) is 0. The van der Waals surface area contributed by atoms with Crippen LogP contribution in [0.5, 0.6) is 0 Å². The van der Waals surface area contributed by atoms with Crippen LogP contribution in [-0.4, -0.2) is 23.5 Å². The molecule has 0 fully saturated rings. The quantitative estimate of drug-likeness (QED) is 0.407. The van der Waals surface area contributed by atoms with Gasteiger partial charge < -0.3 is 10.2 Å². The maximum atomic E-state index is 13.0. The minimum atomic E-state index is -0.337. The maximum Gasteiger partial charge on any atom is 0.258 e. The lowest BCUT2D eigenvalue weighted by Gasteiger charge is -2.21. The summed E-state index contributed by atoms with van der Waals surface area (Å²) in [5.41, 5.74) is 4.06. The van der Waals surface area contributed by atoms with Crippen LogP contribution in [0.3, 0.4) is 0 Å². The molecule has 0 saturated carbocycles. The van der Waals surface area contributed by atoms with E-state index in [1.165, 1.54) is 6.08 Å². The van der Waals surface area contributed by atoms with Crippen LogP contribution in [0, 0.1) is 6.92 Å². The number of carbonyl (C=O) groups is 2. The van der Waals surface area contributed by atoms with Gasteiger partial charge in [-0.05, 0) is 68.0 Å². The SMILES string of the molecule is CCN(C(=O)c1cccc(NC(=S)NC(=O)/C=C/c2ccc(C)cc2)c1)c1ccccc1. The normalized spacial score (nSPS) is 10.6. The zero-order valence-electron chi connectivity index (χ0n) is 18.0. The Hall–Kier alpha value is -3.77. The van der Waals surface area contributed by atoms with Gasteiger partial charge in [0.15, 0.2) is 5.11 Å². The van der Waals surface area contributed by atoms with Crippen LogP contribution in [0.4, 0.5) is 11.4 Å². The Labute approximate surface area is 193 Å². The fourth-order valence-electron chi connectivity index (χ4n) is 3.10. The van der Waals surface area contributed by atoms with Crippen LogP contribution in [0.2, 0.25) is 0 Å². The molecule has 3 aromatic carbocycles. The smallest absolute Gasteiger partial charge is 0.258 e. The molecule has 3 rings (SSSR count). The fraction of sp³-hybridized carbons (Fsp3) is 0.115. The van der Waals surface area contributed by atoms with Crippen LogP contribution in [0.15, 0.2) is 84.9 Å². The van der Waals surface area contributed by atoms with E-state index < -0.39 is 0 Å². The molecule has 2 N–H and O–H groups in total. The number of para-hydroxylation sites is 1. The number of thiocarbonyl (C=S) groups is 1. The van der Waals surface area contributed by atoms with Crippen molar-refractivity contribution in [1.29, 1.82) is 0 Å². The first-order chi connectivity index (χ1) is 15.5. The molecule has 0 heterocycles. The highest BCUT2D eigenvalue weighted by Gasteiger charge is 2.16. The van der Waals surface area contributed by atoms with Crippen molar-refractivity contribution >= 4 is 46.6 Å². The van der Waals surface area contributed by atoms with E-state index in [-0.39, 0.29) is 16.9 Å². The van der Waals surface area contributed by atoms with Gasteiger partial charge in [0.25, 0.3) is 5.91 Å². The van der Waals surface area contributed by atoms with Crippen LogP contribution < -0.4 is 15.5 Å². The highest BCUT2D eigenvalue weighted by atomic mass is 32.1. The van der Waals surface area contributed by atoms with Gasteiger partial charge in [-0.2, -0.15) is 0 Å². The molecule has 0 aromatic heterocycles. The van der Waals surface area contributed by atoms with Crippen molar-refractivity contribution in [2.45, 2.75) is 13.8 Å². The number of nitrogens with one attached hydrogen (secondary N) is 2. The monoisotopic (exact) mass is 443 g/mol. The third-order valence-electron chi connectivity index (χ3n) is 4.74. The molecule has 0 aliphatic heterocycles. The molecule has 0 aliphatic rings. The van der Waals surface area contributed by atoms with Crippen LogP contribution >= 0.6 is 12.2 Å². The van der Waals surface area contributed by atoms with E-state index in [1.807, 2.05) is 68.4 Å². The Bertz CT molecular complexity index is 1130. The molecule has 0 spiro atoms. The van der Waals surface area contributed by atoms with E-state index in [0.29, 0.717) is 17.8 Å². The summed E-state index contributed by atoms with van der Waals surface area (Å²) in [6, 6.07) is 24.4. The van der Waals surface area contributed by atoms with Gasteiger partial charge in [-0.25, -0.2) is 0 Å². The standard InChI is InChI=1S/C26H25N3O2S/c1-3-29(23-10-5-4-6-11-23)25(31)21-8-7-9-22(18-21)27-26(32)28-24(30)17-16-20-14-12-19(2)13-15-20/h4-18H,3H2,1-2H3,(H2,27,28,30,32)/b17-16+. The molecule has 5 nitrogen and oxygen atoms in total. The number of hydrogen-bond acceptors (Lipinski definition) is 3. The first kappa shape index (κ1) is 22.9. The Morgan fingerprint density at radius 1 is 0.969 bits per heavy atom. The number of rotatable bonds is 6. The van der Waals surface area contributed by atoms with Gasteiger partial charge in [0.1, 0.15) is 0 Å². The molecule has 0 saturated heterocycles. The first-order valence-corrected chi connectivity index (χ1v) is 10.7. The molecule has 0 bridgehead atoms. The minimum absolute atomic E-state index is 0.113. The molecule has 2 amide bonds. The lowest BCUT2D eigenvalue weighted by atomic mass is 10.1. The molecule has 6 heteroatoms. The van der Waals surface area contributed by atoms with Gasteiger partial charge in [0.05, 0.1) is 0 Å². The number of anilines is 2. The summed E-state index contributed by atoms with van der Waals surface area (Å²) in [5, 5.41) is 5.74. The molecular formula is C26H25N3O2S. The minimum Gasteiger partial charge on any atom is -0.332 e. The second kappa shape index (κ2) is 11.0. The summed E-state index contributed by atoms with van der Waals surface area (Å²) in [5.74, 6) is -0.449. The second-order valence-corrected chi connectivity index (χ2v) is 7.56. The summed E-state index contributed by atoms with van der Waals surface area (Å²) >= 11 is 5.25. The van der Waals surface area contributed by atoms with E-state index in [2.05, 4.69) is 10.6 Å². The van der Waals surface area contributed by atoms with Crippen LogP contribution in [0.25, 0.3) is 6.08 Å². The van der Waals surface area contributed by atoms with Gasteiger partial charge in [0, 0.05) is 29.6 Å². The first-order valence-electron chi connectivity index (χ1n) is 10.3. The van der Waals surface area contributed by atoms with Crippen molar-refractivity contribution in [3.8, 4) is 0 Å². The van der Waals surface area contributed by atoms with Crippen molar-refractivity contribution in [2.75, 3.05) is 16.8 Å². The number of aryl methyl sites for hydroxylation is 1. The molecule has 162 valence electrons. The Morgan fingerprint density at radius 2 is 1.69 bits per heavy atom. The Morgan fingerprint density at radius 3 is 2.38 bits per heavy atom. The van der Waals surface area contributed by atoms with Gasteiger partial charge >= 0.3 is 0 Å². The summed E-state index contributed by atoms with van der Waals surface area (Å²) in [6.45, 7) is 4.48. The van der Waals surface area contributed by atoms with Gasteiger partial charge in [-0.15, -0.1) is 0 Å². The molecule has 0 radical (unpaired) electrons. The number of benzene rings is 3. The molecule has 0 atom stereocenters. The Balaban J connectivity index is 1.62. The predicted molar refractivity (Wildman–Crippen MR) is 135 cm³/mol. The number of amides is 2. The lowest BCUT2D eigenvalue weighted by molar-refractivity contribution is -0.115. The zero-order valence-corrected chi connectivity index (χ0v) is 18.9. The fourth-order valence-corrected chi connectivity index (χ4v) is 3.32. The molecule has 0 aliphatic carbocycles. The predicted octanol–water partition coefficient (Wildman–Crippen LogP) is 5.19. The highest BCUT2D eigenvalue weighted by Crippen LogP contribution is 2.18. The van der Waals surface area contributed by atoms with E-state index in [4.69, 9.17) is 12.2 Å². The molecule has 0 unspecified atom stereocenters. The number of carbonyl (C=O) groups excluding carboxylic acids is 2. The van der Waals surface area contributed by atoms with Gasteiger partial charge in [-0.3, -0.25) is 14.9 Å². The van der Waals surface area contributed by atoms with Crippen LogP contribution in [-0.2, 0) is 4.79 Å². The van der Waals surface area contributed by atoms with Gasteiger partial charge in [0.2, 0.25) is 5.91 Å². The zero-order chi connectivity index (χ0) is 22.9. The summed E-state index contributed by atoms with van der Waals surface area (Å²) in [6.07, 6.45) is 3.15. The topological polar surface area (TPSA) is 61.4 Å². The maximum absolute atomic E-state index is 13.0. The van der Waals surface area contributed by atoms with Crippen LogP contribution in [0.1, 0.15) is 28.4 Å². The highest BCUT2D eigenvalue weighted by molar-refractivity contribution is 7.80. The van der Waals surface area contributed by atoms with Crippen molar-refractivity contribution in [3.05, 3.63) is 102 Å². The third kappa shape index (κ3) is 6.36. The summed E-state index contributed by atoms with van der Waals surface area (Å²) < 4.78 is 0. The average molecular weight is 444 g/mol. The molecule has 3 aromatic rings. The summed E-state index contributed by atoms with van der Waals surface area (Å²) in [4.78, 5) is 26.9. The largest absolute Gasteiger partial charge is 0.332 e. The number of hydrogen-bond donors (Lipinski definition) is 2. The van der Waals surface area contributed by atoms with E-state index in [0.717, 1.165) is 16.8 Å². The average Bonchev–Trinajstić information content (AvgIpc) is 2.80. The second-order valence-electron chi connectivity index (χ2n) is 7.15. The number of nitrogens with zero attached hydrogens (tertiary/aromatic N) is 1. The van der Waals surface area contributed by atoms with E-state index >= 15 is 0 Å². The lowest BCUT2D eigenvalue weighted by Crippen LogP contribution is -2.33. The van der Waals surface area contributed by atoms with Gasteiger partial charge in [-0.1, -0.05) is 54.1 Å². The third-order valence-corrected chi connectivity index (χ3v) is 4.94. The van der Waals surface area contributed by atoms with E-state index in [1.54, 1.807) is 35.2 Å². The molecular weight excluding hydrogens is 418 g/mol. The van der Waals surface area contributed by atoms with Crippen molar-refractivity contribution in [1.82, 2.24) is 5.32 Å². The molecule has 32 heavy (non-hydrogen) atoms. The van der Waals surface area contributed by atoms with E-state index in [9.17, 15) is 9.59 Å². The van der Waals surface area contributed by atoms with Crippen molar-refractivity contribution in [2.24, 2.45) is 0 Å². The van der Waals surface area contributed by atoms with Crippen molar-refractivity contribution in [3.63, 3.8) is 0 Å². The Kier molecular flexibility index (Phi) is 7.89. The van der Waals surface area contributed by atoms with Crippen molar-refractivity contribution < 1.29 is 9.59 Å².